The van der Waals surface area contributed by atoms with E-state index < -0.39 is 11.9 Å². The number of rotatable bonds is 8. The first kappa shape index (κ1) is 20.3. The molecule has 0 aliphatic rings. The maximum atomic E-state index is 12.0. The van der Waals surface area contributed by atoms with Crippen molar-refractivity contribution in [2.75, 3.05) is 26.1 Å². The van der Waals surface area contributed by atoms with Gasteiger partial charge in [0.2, 0.25) is 0 Å². The number of esters is 1. The third kappa shape index (κ3) is 5.47. The summed E-state index contributed by atoms with van der Waals surface area (Å²) in [6.45, 7) is 3.31. The Hall–Kier alpha value is -3.03. The van der Waals surface area contributed by atoms with Crippen molar-refractivity contribution in [2.45, 2.75) is 26.7 Å². The molecule has 0 saturated carbocycles. The third-order valence-corrected chi connectivity index (χ3v) is 4.17. The van der Waals surface area contributed by atoms with Crippen molar-refractivity contribution < 1.29 is 23.8 Å². The fraction of sp³-hybridized carbons (Fsp3) is 0.421. The van der Waals surface area contributed by atoms with Crippen LogP contribution in [-0.4, -0.2) is 42.5 Å². The molecule has 1 aromatic heterocycles. The number of ether oxygens (including phenoxy) is 3. The van der Waals surface area contributed by atoms with Gasteiger partial charge in [-0.2, -0.15) is 5.10 Å². The van der Waals surface area contributed by atoms with E-state index in [1.165, 1.54) is 0 Å². The van der Waals surface area contributed by atoms with E-state index in [-0.39, 0.29) is 13.0 Å². The van der Waals surface area contributed by atoms with Gasteiger partial charge in [-0.15, -0.1) is 0 Å². The molecule has 2 aromatic rings. The van der Waals surface area contributed by atoms with E-state index in [1.807, 2.05) is 19.1 Å². The number of aromatic nitrogens is 2. The molecule has 0 fully saturated rings. The van der Waals surface area contributed by atoms with E-state index in [0.29, 0.717) is 29.3 Å². The number of hydrogen-bond donors (Lipinski definition) is 1. The van der Waals surface area contributed by atoms with Gasteiger partial charge in [0.1, 0.15) is 11.5 Å². The zero-order valence-corrected chi connectivity index (χ0v) is 16.3. The van der Waals surface area contributed by atoms with Gasteiger partial charge < -0.3 is 19.5 Å². The molecule has 1 aromatic carbocycles. The third-order valence-electron chi connectivity index (χ3n) is 4.17. The summed E-state index contributed by atoms with van der Waals surface area (Å²) in [7, 11) is 4.93. The van der Waals surface area contributed by atoms with Crippen molar-refractivity contribution in [3.63, 3.8) is 0 Å². The fourth-order valence-corrected chi connectivity index (χ4v) is 2.61. The van der Waals surface area contributed by atoms with E-state index in [4.69, 9.17) is 14.2 Å². The number of hydrogen-bond acceptors (Lipinski definition) is 6. The standard InChI is InChI=1S/C19H25N3O5/c1-12-19(13(2)22(3)21-12)20-17(23)11-27-18(24)7-6-14-8-15(25-4)10-16(9-14)26-5/h8-10H,6-7,11H2,1-5H3,(H,20,23). The van der Waals surface area contributed by atoms with Crippen LogP contribution < -0.4 is 14.8 Å². The van der Waals surface area contributed by atoms with Crippen molar-refractivity contribution >= 4 is 17.6 Å². The second-order valence-corrected chi connectivity index (χ2v) is 6.10. The van der Waals surface area contributed by atoms with Gasteiger partial charge in [0.05, 0.1) is 31.3 Å². The van der Waals surface area contributed by atoms with Crippen molar-refractivity contribution in [2.24, 2.45) is 7.05 Å². The zero-order valence-electron chi connectivity index (χ0n) is 16.3. The number of anilines is 1. The van der Waals surface area contributed by atoms with Crippen LogP contribution in [0.15, 0.2) is 18.2 Å². The van der Waals surface area contributed by atoms with Gasteiger partial charge in [-0.05, 0) is 38.0 Å². The Morgan fingerprint density at radius 1 is 1.11 bits per heavy atom. The number of nitrogens with one attached hydrogen (secondary N) is 1. The Kier molecular flexibility index (Phi) is 6.81. The fourth-order valence-electron chi connectivity index (χ4n) is 2.61. The second kappa shape index (κ2) is 9.07. The zero-order chi connectivity index (χ0) is 20.0. The molecule has 27 heavy (non-hydrogen) atoms. The molecule has 0 bridgehead atoms. The van der Waals surface area contributed by atoms with Gasteiger partial charge in [-0.25, -0.2) is 0 Å². The van der Waals surface area contributed by atoms with Crippen LogP contribution in [0.5, 0.6) is 11.5 Å². The predicted molar refractivity (Wildman–Crippen MR) is 100 cm³/mol. The summed E-state index contributed by atoms with van der Waals surface area (Å²) in [4.78, 5) is 24.0. The number of benzene rings is 1. The second-order valence-electron chi connectivity index (χ2n) is 6.10. The van der Waals surface area contributed by atoms with Crippen LogP contribution >= 0.6 is 0 Å². The number of amides is 1. The smallest absolute Gasteiger partial charge is 0.306 e. The van der Waals surface area contributed by atoms with Gasteiger partial charge in [0.15, 0.2) is 6.61 Å². The summed E-state index contributed by atoms with van der Waals surface area (Å²) in [6, 6.07) is 5.42. The van der Waals surface area contributed by atoms with Crippen molar-refractivity contribution in [1.29, 1.82) is 0 Å². The minimum Gasteiger partial charge on any atom is -0.497 e. The van der Waals surface area contributed by atoms with Gasteiger partial charge >= 0.3 is 5.97 Å². The Labute approximate surface area is 158 Å². The normalized spacial score (nSPS) is 10.4. The first-order chi connectivity index (χ1) is 12.8. The first-order valence-electron chi connectivity index (χ1n) is 8.51. The molecule has 0 spiro atoms. The minimum atomic E-state index is -0.452. The molecule has 1 amide bonds. The van der Waals surface area contributed by atoms with Crippen LogP contribution in [-0.2, 0) is 27.8 Å². The first-order valence-corrected chi connectivity index (χ1v) is 8.51. The summed E-state index contributed by atoms with van der Waals surface area (Å²) >= 11 is 0. The van der Waals surface area contributed by atoms with Crippen molar-refractivity contribution in [1.82, 2.24) is 9.78 Å². The van der Waals surface area contributed by atoms with Gasteiger partial charge in [0.25, 0.3) is 5.91 Å². The molecular formula is C19H25N3O5. The Morgan fingerprint density at radius 2 is 1.74 bits per heavy atom. The van der Waals surface area contributed by atoms with E-state index in [0.717, 1.165) is 11.3 Å². The molecule has 1 N–H and O–H groups in total. The van der Waals surface area contributed by atoms with Crippen LogP contribution in [0.4, 0.5) is 5.69 Å². The molecule has 0 atom stereocenters. The quantitative estimate of drug-likeness (QED) is 0.711. The van der Waals surface area contributed by atoms with E-state index in [1.54, 1.807) is 38.9 Å². The SMILES string of the molecule is COc1cc(CCC(=O)OCC(=O)Nc2c(C)nn(C)c2C)cc(OC)c1. The van der Waals surface area contributed by atoms with Crippen LogP contribution in [0.2, 0.25) is 0 Å². The van der Waals surface area contributed by atoms with Crippen LogP contribution in [0.25, 0.3) is 0 Å². The Bertz CT molecular complexity index is 807. The van der Waals surface area contributed by atoms with E-state index >= 15 is 0 Å². The number of aryl methyl sites for hydroxylation is 3. The lowest BCUT2D eigenvalue weighted by atomic mass is 10.1. The summed E-state index contributed by atoms with van der Waals surface area (Å²) < 4.78 is 17.1. The highest BCUT2D eigenvalue weighted by atomic mass is 16.5. The maximum Gasteiger partial charge on any atom is 0.306 e. The summed E-state index contributed by atoms with van der Waals surface area (Å²) in [6.07, 6.45) is 0.601. The minimum absolute atomic E-state index is 0.147. The van der Waals surface area contributed by atoms with Crippen molar-refractivity contribution in [3.8, 4) is 11.5 Å². The van der Waals surface area contributed by atoms with Crippen LogP contribution in [0.3, 0.4) is 0 Å². The van der Waals surface area contributed by atoms with Gasteiger partial charge in [0, 0.05) is 19.5 Å². The molecule has 0 aliphatic carbocycles. The van der Waals surface area contributed by atoms with Crippen molar-refractivity contribution in [3.05, 3.63) is 35.2 Å². The maximum absolute atomic E-state index is 12.0. The monoisotopic (exact) mass is 375 g/mol. The van der Waals surface area contributed by atoms with Gasteiger partial charge in [-0.1, -0.05) is 0 Å². The molecule has 0 saturated heterocycles. The molecule has 8 nitrogen and oxygen atoms in total. The molecule has 8 heteroatoms. The number of carbonyl (C=O) groups is 2. The summed E-state index contributed by atoms with van der Waals surface area (Å²) in [5.74, 6) is 0.454. The van der Waals surface area contributed by atoms with E-state index in [9.17, 15) is 9.59 Å². The Balaban J connectivity index is 1.83. The highest BCUT2D eigenvalue weighted by molar-refractivity contribution is 5.93. The molecule has 146 valence electrons. The average Bonchev–Trinajstić information content (AvgIpc) is 2.90. The van der Waals surface area contributed by atoms with E-state index in [2.05, 4.69) is 10.4 Å². The van der Waals surface area contributed by atoms with Gasteiger partial charge in [-0.3, -0.25) is 14.3 Å². The lowest BCUT2D eigenvalue weighted by Gasteiger charge is -2.09. The highest BCUT2D eigenvalue weighted by Gasteiger charge is 2.14. The lowest BCUT2D eigenvalue weighted by molar-refractivity contribution is -0.147. The van der Waals surface area contributed by atoms with Crippen LogP contribution in [0, 0.1) is 13.8 Å². The number of methoxy groups -OCH3 is 2. The molecular weight excluding hydrogens is 350 g/mol. The number of carbonyl (C=O) groups excluding carboxylic acids is 2. The predicted octanol–water partition coefficient (Wildman–Crippen LogP) is 2.17. The molecule has 2 rings (SSSR count). The topological polar surface area (TPSA) is 91.7 Å². The summed E-state index contributed by atoms with van der Waals surface area (Å²) in [5.41, 5.74) is 3.07. The molecule has 0 unspecified atom stereocenters. The Morgan fingerprint density at radius 3 is 2.26 bits per heavy atom. The van der Waals surface area contributed by atoms with Crippen LogP contribution in [0.1, 0.15) is 23.4 Å². The lowest BCUT2D eigenvalue weighted by Crippen LogP contribution is -2.21. The summed E-state index contributed by atoms with van der Waals surface area (Å²) in [5, 5.41) is 6.95. The highest BCUT2D eigenvalue weighted by Crippen LogP contribution is 2.23. The molecule has 1 heterocycles. The average molecular weight is 375 g/mol. The number of nitrogens with zero attached hydrogens (tertiary/aromatic N) is 2. The largest absolute Gasteiger partial charge is 0.497 e. The molecule has 0 aliphatic heterocycles. The molecule has 0 radical (unpaired) electrons.